The van der Waals surface area contributed by atoms with Gasteiger partial charge in [0.25, 0.3) is 5.91 Å². The number of hydrogen-bond acceptors (Lipinski definition) is 4. The van der Waals surface area contributed by atoms with E-state index in [1.54, 1.807) is 11.0 Å². The number of rotatable bonds is 2. The summed E-state index contributed by atoms with van der Waals surface area (Å²) in [4.78, 5) is 31.9. The van der Waals surface area contributed by atoms with Crippen molar-refractivity contribution in [3.05, 3.63) is 46.2 Å². The van der Waals surface area contributed by atoms with Gasteiger partial charge in [-0.1, -0.05) is 31.0 Å². The van der Waals surface area contributed by atoms with Crippen LogP contribution < -0.4 is 5.56 Å². The highest BCUT2D eigenvalue weighted by Crippen LogP contribution is 2.23. The van der Waals surface area contributed by atoms with Crippen molar-refractivity contribution in [2.45, 2.75) is 44.2 Å². The third-order valence-corrected chi connectivity index (χ3v) is 5.92. The fourth-order valence-corrected chi connectivity index (χ4v) is 4.51. The number of aliphatic hydroxyl groups is 1. The van der Waals surface area contributed by atoms with Gasteiger partial charge in [0, 0.05) is 36.1 Å². The Morgan fingerprint density at radius 1 is 1.07 bits per heavy atom. The SMILES string of the molecule is O=C(c1cc(=O)[nH]c2ccccc12)N1CC[C@@H](N2CCCCCC2)[C@H](O)C1. The number of nitrogens with zero attached hydrogens (tertiary/aromatic N) is 2. The van der Waals surface area contributed by atoms with Crippen LogP contribution in [0.2, 0.25) is 0 Å². The van der Waals surface area contributed by atoms with Gasteiger partial charge in [0.2, 0.25) is 5.56 Å². The molecule has 144 valence electrons. The van der Waals surface area contributed by atoms with Gasteiger partial charge in [-0.3, -0.25) is 14.5 Å². The summed E-state index contributed by atoms with van der Waals surface area (Å²) in [7, 11) is 0. The average molecular weight is 369 g/mol. The fourth-order valence-electron chi connectivity index (χ4n) is 4.51. The minimum atomic E-state index is -0.547. The van der Waals surface area contributed by atoms with Crippen molar-refractivity contribution in [2.24, 2.45) is 0 Å². The number of nitrogens with one attached hydrogen (secondary N) is 1. The number of pyridine rings is 1. The molecule has 3 heterocycles. The summed E-state index contributed by atoms with van der Waals surface area (Å²) in [6, 6.07) is 8.84. The van der Waals surface area contributed by atoms with E-state index in [1.165, 1.54) is 31.7 Å². The molecule has 0 spiro atoms. The van der Waals surface area contributed by atoms with Crippen molar-refractivity contribution in [2.75, 3.05) is 26.2 Å². The number of likely N-dealkylation sites (tertiary alicyclic amines) is 2. The lowest BCUT2D eigenvalue weighted by atomic mass is 9.98. The largest absolute Gasteiger partial charge is 0.390 e. The molecule has 2 aliphatic heterocycles. The molecule has 2 aromatic rings. The van der Waals surface area contributed by atoms with E-state index in [-0.39, 0.29) is 17.5 Å². The van der Waals surface area contributed by atoms with Crippen molar-refractivity contribution in [3.63, 3.8) is 0 Å². The van der Waals surface area contributed by atoms with Gasteiger partial charge in [0.15, 0.2) is 0 Å². The predicted molar refractivity (Wildman–Crippen MR) is 105 cm³/mol. The van der Waals surface area contributed by atoms with Crippen molar-refractivity contribution in [1.29, 1.82) is 0 Å². The molecule has 2 fully saturated rings. The number of carbonyl (C=O) groups excluding carboxylic acids is 1. The number of carbonyl (C=O) groups is 1. The van der Waals surface area contributed by atoms with Crippen LogP contribution >= 0.6 is 0 Å². The summed E-state index contributed by atoms with van der Waals surface area (Å²) < 4.78 is 0. The molecule has 2 saturated heterocycles. The maximum atomic E-state index is 13.1. The molecule has 1 aromatic carbocycles. The highest BCUT2D eigenvalue weighted by molar-refractivity contribution is 6.06. The summed E-state index contributed by atoms with van der Waals surface area (Å²) in [5.41, 5.74) is 0.792. The lowest BCUT2D eigenvalue weighted by Crippen LogP contribution is -2.55. The van der Waals surface area contributed by atoms with Crippen LogP contribution in [0.1, 0.15) is 42.5 Å². The van der Waals surface area contributed by atoms with E-state index in [1.807, 2.05) is 18.2 Å². The average Bonchev–Trinajstić information content (AvgIpc) is 2.96. The molecule has 27 heavy (non-hydrogen) atoms. The zero-order valence-corrected chi connectivity index (χ0v) is 15.6. The fraction of sp³-hybridized carbons (Fsp3) is 0.524. The summed E-state index contributed by atoms with van der Waals surface area (Å²) in [6.07, 6.45) is 5.12. The first kappa shape index (κ1) is 18.2. The van der Waals surface area contributed by atoms with Gasteiger partial charge < -0.3 is 15.0 Å². The van der Waals surface area contributed by atoms with Crippen molar-refractivity contribution in [3.8, 4) is 0 Å². The van der Waals surface area contributed by atoms with Gasteiger partial charge in [-0.25, -0.2) is 0 Å². The van der Waals surface area contributed by atoms with Gasteiger partial charge in [0.1, 0.15) is 0 Å². The Labute approximate surface area is 158 Å². The number of fused-ring (bicyclic) bond motifs is 1. The van der Waals surface area contributed by atoms with Crippen molar-refractivity contribution in [1.82, 2.24) is 14.8 Å². The van der Waals surface area contributed by atoms with Crippen LogP contribution in [0, 0.1) is 0 Å². The molecule has 2 atom stereocenters. The minimum Gasteiger partial charge on any atom is -0.390 e. The zero-order valence-electron chi connectivity index (χ0n) is 15.6. The molecule has 0 saturated carbocycles. The van der Waals surface area contributed by atoms with Crippen LogP contribution in [0.5, 0.6) is 0 Å². The zero-order chi connectivity index (χ0) is 18.8. The smallest absolute Gasteiger partial charge is 0.254 e. The quantitative estimate of drug-likeness (QED) is 0.849. The lowest BCUT2D eigenvalue weighted by Gasteiger charge is -2.41. The molecular weight excluding hydrogens is 342 g/mol. The van der Waals surface area contributed by atoms with Gasteiger partial charge in [0.05, 0.1) is 11.7 Å². The van der Waals surface area contributed by atoms with E-state index in [9.17, 15) is 14.7 Å². The Morgan fingerprint density at radius 2 is 1.81 bits per heavy atom. The summed E-state index contributed by atoms with van der Waals surface area (Å²) in [6.45, 7) is 3.00. The third kappa shape index (κ3) is 3.77. The number of benzene rings is 1. The van der Waals surface area contributed by atoms with Crippen LogP contribution in [-0.4, -0.2) is 64.1 Å². The Hall–Kier alpha value is -2.18. The van der Waals surface area contributed by atoms with Crippen LogP contribution in [0.15, 0.2) is 35.1 Å². The molecule has 4 rings (SSSR count). The third-order valence-electron chi connectivity index (χ3n) is 5.92. The molecular formula is C21H27N3O3. The second kappa shape index (κ2) is 7.82. The second-order valence-corrected chi connectivity index (χ2v) is 7.72. The Balaban J connectivity index is 1.52. The van der Waals surface area contributed by atoms with Gasteiger partial charge >= 0.3 is 0 Å². The number of amides is 1. The molecule has 6 heteroatoms. The number of β-amino-alcohol motifs (C(OH)–C–C–N with tert-alkyl or cyclic N) is 1. The molecule has 1 aromatic heterocycles. The van der Waals surface area contributed by atoms with Crippen LogP contribution in [0.4, 0.5) is 0 Å². The minimum absolute atomic E-state index is 0.128. The van der Waals surface area contributed by atoms with Gasteiger partial charge in [-0.05, 0) is 38.4 Å². The van der Waals surface area contributed by atoms with Crippen LogP contribution in [0.3, 0.4) is 0 Å². The molecule has 1 amide bonds. The van der Waals surface area contributed by atoms with E-state index >= 15 is 0 Å². The summed E-state index contributed by atoms with van der Waals surface area (Å²) in [5, 5.41) is 11.5. The Bertz CT molecular complexity index is 870. The number of aliphatic hydroxyl groups excluding tert-OH is 1. The van der Waals surface area contributed by atoms with E-state index in [2.05, 4.69) is 9.88 Å². The van der Waals surface area contributed by atoms with Crippen LogP contribution in [-0.2, 0) is 0 Å². The highest BCUT2D eigenvalue weighted by atomic mass is 16.3. The Kier molecular flexibility index (Phi) is 5.27. The number of H-pyrrole nitrogens is 1. The van der Waals surface area contributed by atoms with E-state index in [0.29, 0.717) is 24.2 Å². The van der Waals surface area contributed by atoms with Gasteiger partial charge in [-0.2, -0.15) is 0 Å². The molecule has 0 bridgehead atoms. The number of hydrogen-bond donors (Lipinski definition) is 2. The molecule has 2 N–H and O–H groups in total. The summed E-state index contributed by atoms with van der Waals surface area (Å²) in [5.74, 6) is -0.175. The highest BCUT2D eigenvalue weighted by Gasteiger charge is 2.34. The van der Waals surface area contributed by atoms with E-state index in [4.69, 9.17) is 0 Å². The first-order valence-electron chi connectivity index (χ1n) is 9.97. The number of para-hydroxylation sites is 1. The van der Waals surface area contributed by atoms with E-state index < -0.39 is 6.10 Å². The molecule has 6 nitrogen and oxygen atoms in total. The monoisotopic (exact) mass is 369 g/mol. The number of aromatic nitrogens is 1. The maximum absolute atomic E-state index is 13.1. The lowest BCUT2D eigenvalue weighted by molar-refractivity contribution is -0.00800. The number of piperidine rings is 1. The van der Waals surface area contributed by atoms with E-state index in [0.717, 1.165) is 24.9 Å². The summed E-state index contributed by atoms with van der Waals surface area (Å²) >= 11 is 0. The molecule has 0 unspecified atom stereocenters. The number of aromatic amines is 1. The van der Waals surface area contributed by atoms with Crippen molar-refractivity contribution < 1.29 is 9.90 Å². The molecule has 0 radical (unpaired) electrons. The van der Waals surface area contributed by atoms with Crippen molar-refractivity contribution >= 4 is 16.8 Å². The first-order chi connectivity index (χ1) is 13.1. The normalized spacial score (nSPS) is 24.7. The Morgan fingerprint density at radius 3 is 2.56 bits per heavy atom. The topological polar surface area (TPSA) is 76.6 Å². The predicted octanol–water partition coefficient (Wildman–Crippen LogP) is 1.98. The maximum Gasteiger partial charge on any atom is 0.254 e. The van der Waals surface area contributed by atoms with Crippen LogP contribution in [0.25, 0.3) is 10.9 Å². The molecule has 2 aliphatic rings. The second-order valence-electron chi connectivity index (χ2n) is 7.72. The molecule has 0 aliphatic carbocycles. The van der Waals surface area contributed by atoms with Gasteiger partial charge in [-0.15, -0.1) is 0 Å². The standard InChI is InChI=1S/C21H27N3O3/c25-19-14-24(12-9-18(19)23-10-5-1-2-6-11-23)21(27)16-13-20(26)22-17-8-4-3-7-15(16)17/h3-4,7-8,13,18-19,25H,1-2,5-6,9-12,14H2,(H,22,26)/t18-,19-/m1/s1. The first-order valence-corrected chi connectivity index (χ1v) is 9.97.